The summed E-state index contributed by atoms with van der Waals surface area (Å²) in [5.41, 5.74) is 0. The molecule has 0 aliphatic carbocycles. The van der Waals surface area contributed by atoms with E-state index in [1.807, 2.05) is 6.92 Å². The highest BCUT2D eigenvalue weighted by Gasteiger charge is 2.08. The molecule has 0 unspecified atom stereocenters. The molecule has 82 valence electrons. The van der Waals surface area contributed by atoms with Gasteiger partial charge in [0.2, 0.25) is 5.78 Å². The predicted molar refractivity (Wildman–Crippen MR) is 54.0 cm³/mol. The summed E-state index contributed by atoms with van der Waals surface area (Å²) in [6.07, 6.45) is 2.03. The molecule has 0 bridgehead atoms. The topological polar surface area (TPSA) is 55.4 Å². The summed E-state index contributed by atoms with van der Waals surface area (Å²) in [5.74, 6) is -0.821. The van der Waals surface area contributed by atoms with Crippen molar-refractivity contribution in [1.29, 1.82) is 0 Å². The largest absolute Gasteiger partial charge is 0.382 e. The third kappa shape index (κ3) is 6.60. The summed E-state index contributed by atoms with van der Waals surface area (Å²) in [6, 6.07) is 0. The van der Waals surface area contributed by atoms with E-state index in [1.165, 1.54) is 0 Å². The van der Waals surface area contributed by atoms with E-state index < -0.39 is 5.91 Å². The van der Waals surface area contributed by atoms with Crippen molar-refractivity contribution in [2.75, 3.05) is 19.8 Å². The number of nitrogens with one attached hydrogen (secondary N) is 1. The number of ether oxygens (including phenoxy) is 1. The highest BCUT2D eigenvalue weighted by molar-refractivity contribution is 6.36. The molecule has 0 spiro atoms. The molecule has 0 radical (unpaired) electrons. The molecule has 0 rings (SSSR count). The lowest BCUT2D eigenvalue weighted by Crippen LogP contribution is -2.31. The van der Waals surface area contributed by atoms with Crippen LogP contribution in [0.2, 0.25) is 0 Å². The number of Topliss-reactive ketones (excluding diaryl/α,β-unsaturated/α-hetero) is 1. The maximum atomic E-state index is 11.0. The first-order chi connectivity index (χ1) is 6.72. The van der Waals surface area contributed by atoms with Crippen LogP contribution in [0.3, 0.4) is 0 Å². The fourth-order valence-electron chi connectivity index (χ4n) is 0.935. The minimum atomic E-state index is -0.469. The van der Waals surface area contributed by atoms with Gasteiger partial charge in [0.15, 0.2) is 0 Å². The van der Waals surface area contributed by atoms with E-state index in [0.29, 0.717) is 13.2 Å². The second-order valence-corrected chi connectivity index (χ2v) is 2.94. The molecular weight excluding hydrogens is 182 g/mol. The number of carbonyl (C=O) groups excluding carboxylic acids is 2. The molecule has 0 aliphatic rings. The first kappa shape index (κ1) is 13.1. The van der Waals surface area contributed by atoms with Gasteiger partial charge >= 0.3 is 0 Å². The van der Waals surface area contributed by atoms with Crippen molar-refractivity contribution in [3.05, 3.63) is 0 Å². The Kier molecular flexibility index (Phi) is 8.13. The van der Waals surface area contributed by atoms with Crippen LogP contribution in [-0.2, 0) is 14.3 Å². The van der Waals surface area contributed by atoms with Crippen LogP contribution in [0.1, 0.15) is 33.1 Å². The van der Waals surface area contributed by atoms with E-state index in [4.69, 9.17) is 4.74 Å². The van der Waals surface area contributed by atoms with Crippen LogP contribution in [0.25, 0.3) is 0 Å². The molecule has 1 amide bonds. The Morgan fingerprint density at radius 1 is 1.21 bits per heavy atom. The van der Waals surface area contributed by atoms with Gasteiger partial charge in [-0.3, -0.25) is 9.59 Å². The molecule has 0 aromatic carbocycles. The summed E-state index contributed by atoms with van der Waals surface area (Å²) in [6.45, 7) is 5.62. The Balaban J connectivity index is 3.27. The van der Waals surface area contributed by atoms with Gasteiger partial charge in [-0.15, -0.1) is 0 Å². The molecule has 0 aromatic heterocycles. The number of carbonyl (C=O) groups is 2. The lowest BCUT2D eigenvalue weighted by molar-refractivity contribution is -0.137. The van der Waals surface area contributed by atoms with Crippen molar-refractivity contribution in [2.24, 2.45) is 0 Å². The number of hydrogen-bond donors (Lipinski definition) is 1. The van der Waals surface area contributed by atoms with Gasteiger partial charge in [-0.05, 0) is 19.8 Å². The minimum absolute atomic E-state index is 0.269. The predicted octanol–water partition coefficient (Wildman–Crippen LogP) is 0.898. The molecule has 4 nitrogen and oxygen atoms in total. The molecule has 0 atom stereocenters. The smallest absolute Gasteiger partial charge is 0.287 e. The van der Waals surface area contributed by atoms with Crippen molar-refractivity contribution in [2.45, 2.75) is 33.1 Å². The van der Waals surface area contributed by atoms with Crippen LogP contribution < -0.4 is 5.32 Å². The summed E-state index contributed by atoms with van der Waals surface area (Å²) >= 11 is 0. The van der Waals surface area contributed by atoms with E-state index in [9.17, 15) is 9.59 Å². The number of rotatable bonds is 8. The molecule has 0 aromatic rings. The van der Waals surface area contributed by atoms with Crippen molar-refractivity contribution in [3.63, 3.8) is 0 Å². The van der Waals surface area contributed by atoms with Gasteiger partial charge in [0.1, 0.15) is 0 Å². The standard InChI is InChI=1S/C10H19NO3/c1-3-9(12)10(13)11-7-5-6-8-14-4-2/h3-8H2,1-2H3,(H,11,13). The van der Waals surface area contributed by atoms with E-state index in [-0.39, 0.29) is 12.2 Å². The van der Waals surface area contributed by atoms with Gasteiger partial charge < -0.3 is 10.1 Å². The quantitative estimate of drug-likeness (QED) is 0.469. The van der Waals surface area contributed by atoms with Crippen LogP contribution in [0.4, 0.5) is 0 Å². The zero-order valence-electron chi connectivity index (χ0n) is 8.97. The Morgan fingerprint density at radius 2 is 1.93 bits per heavy atom. The first-order valence-corrected chi connectivity index (χ1v) is 5.11. The van der Waals surface area contributed by atoms with Gasteiger partial charge in [-0.25, -0.2) is 0 Å². The summed E-state index contributed by atoms with van der Waals surface area (Å²) < 4.78 is 5.13. The Bertz CT molecular complexity index is 180. The first-order valence-electron chi connectivity index (χ1n) is 5.11. The number of hydrogen-bond acceptors (Lipinski definition) is 3. The van der Waals surface area contributed by atoms with Crippen molar-refractivity contribution in [3.8, 4) is 0 Å². The van der Waals surface area contributed by atoms with Gasteiger partial charge in [0.25, 0.3) is 5.91 Å². The van der Waals surface area contributed by atoms with Crippen LogP contribution in [0, 0.1) is 0 Å². The van der Waals surface area contributed by atoms with Gasteiger partial charge in [0.05, 0.1) is 0 Å². The van der Waals surface area contributed by atoms with Gasteiger partial charge in [-0.2, -0.15) is 0 Å². The average Bonchev–Trinajstić information content (AvgIpc) is 2.21. The second-order valence-electron chi connectivity index (χ2n) is 2.94. The minimum Gasteiger partial charge on any atom is -0.382 e. The maximum Gasteiger partial charge on any atom is 0.287 e. The van der Waals surface area contributed by atoms with Crippen LogP contribution >= 0.6 is 0 Å². The molecule has 4 heteroatoms. The van der Waals surface area contributed by atoms with Crippen LogP contribution in [-0.4, -0.2) is 31.4 Å². The maximum absolute atomic E-state index is 11.0. The zero-order chi connectivity index (χ0) is 10.8. The Hall–Kier alpha value is -0.900. The van der Waals surface area contributed by atoms with Crippen LogP contribution in [0.15, 0.2) is 0 Å². The average molecular weight is 201 g/mol. The second kappa shape index (κ2) is 8.69. The lowest BCUT2D eigenvalue weighted by Gasteiger charge is -2.03. The SMILES string of the molecule is CCOCCCCNC(=O)C(=O)CC. The number of amides is 1. The van der Waals surface area contributed by atoms with Crippen LogP contribution in [0.5, 0.6) is 0 Å². The van der Waals surface area contributed by atoms with E-state index >= 15 is 0 Å². The van der Waals surface area contributed by atoms with E-state index in [1.54, 1.807) is 6.92 Å². The van der Waals surface area contributed by atoms with Crippen molar-refractivity contribution >= 4 is 11.7 Å². The number of ketones is 1. The fourth-order valence-corrected chi connectivity index (χ4v) is 0.935. The molecule has 0 saturated carbocycles. The van der Waals surface area contributed by atoms with Crippen molar-refractivity contribution in [1.82, 2.24) is 5.32 Å². The highest BCUT2D eigenvalue weighted by Crippen LogP contribution is 1.89. The highest BCUT2D eigenvalue weighted by atomic mass is 16.5. The number of unbranched alkanes of at least 4 members (excludes halogenated alkanes) is 1. The van der Waals surface area contributed by atoms with E-state index in [2.05, 4.69) is 5.32 Å². The molecule has 0 heterocycles. The molecular formula is C10H19NO3. The normalized spacial score (nSPS) is 9.86. The zero-order valence-corrected chi connectivity index (χ0v) is 8.97. The molecule has 0 fully saturated rings. The molecule has 14 heavy (non-hydrogen) atoms. The fraction of sp³-hybridized carbons (Fsp3) is 0.800. The van der Waals surface area contributed by atoms with Gasteiger partial charge in [-0.1, -0.05) is 6.92 Å². The molecule has 0 saturated heterocycles. The monoisotopic (exact) mass is 201 g/mol. The molecule has 0 aliphatic heterocycles. The summed E-state index contributed by atoms with van der Waals surface area (Å²) in [4.78, 5) is 21.8. The third-order valence-corrected chi connectivity index (χ3v) is 1.78. The Labute approximate surface area is 85.0 Å². The van der Waals surface area contributed by atoms with Crippen molar-refractivity contribution < 1.29 is 14.3 Å². The van der Waals surface area contributed by atoms with Gasteiger partial charge in [0, 0.05) is 26.2 Å². The summed E-state index contributed by atoms with van der Waals surface area (Å²) in [5, 5.41) is 2.57. The Morgan fingerprint density at radius 3 is 2.50 bits per heavy atom. The molecule has 1 N–H and O–H groups in total. The summed E-state index contributed by atoms with van der Waals surface area (Å²) in [7, 11) is 0. The lowest BCUT2D eigenvalue weighted by atomic mass is 10.3. The third-order valence-electron chi connectivity index (χ3n) is 1.78. The van der Waals surface area contributed by atoms with E-state index in [0.717, 1.165) is 19.4 Å².